The van der Waals surface area contributed by atoms with E-state index in [0.29, 0.717) is 0 Å². The average Bonchev–Trinajstić information content (AvgIpc) is 2.54. The molecule has 0 radical (unpaired) electrons. The number of likely N-dealkylation sites (N-methyl/N-ethyl adjacent to an activating group) is 2. The van der Waals surface area contributed by atoms with Crippen LogP contribution in [0.15, 0.2) is 4.79 Å². The second kappa shape index (κ2) is 5.84. The van der Waals surface area contributed by atoms with E-state index in [2.05, 4.69) is 33.9 Å². The largest absolute Gasteiger partial charge is 0.309 e. The lowest BCUT2D eigenvalue weighted by atomic mass is 10.1. The highest BCUT2D eigenvalue weighted by Gasteiger charge is 2.24. The van der Waals surface area contributed by atoms with Crippen molar-refractivity contribution in [3.63, 3.8) is 0 Å². The third kappa shape index (κ3) is 3.04. The maximum Gasteiger partial charge on any atom is 0.254 e. The summed E-state index contributed by atoms with van der Waals surface area (Å²) >= 11 is 0. The fraction of sp³-hybridized carbons (Fsp3) is 0.714. The van der Waals surface area contributed by atoms with Crippen LogP contribution in [0.3, 0.4) is 0 Å². The third-order valence-electron chi connectivity index (χ3n) is 3.99. The zero-order chi connectivity index (χ0) is 14.0. The zero-order valence-electron chi connectivity index (χ0n) is 12.4. The van der Waals surface area contributed by atoms with E-state index in [1.54, 1.807) is 0 Å². The van der Waals surface area contributed by atoms with Gasteiger partial charge in [0.25, 0.3) is 5.56 Å². The minimum Gasteiger partial charge on any atom is -0.309 e. The smallest absolute Gasteiger partial charge is 0.254 e. The topological polar surface area (TPSA) is 52.2 Å². The first-order chi connectivity index (χ1) is 9.02. The van der Waals surface area contributed by atoms with Gasteiger partial charge in [0.05, 0.1) is 11.7 Å². The molecule has 1 N–H and O–H groups in total. The first kappa shape index (κ1) is 14.2. The Balaban J connectivity index is 2.39. The Kier molecular flexibility index (Phi) is 4.37. The van der Waals surface area contributed by atoms with Gasteiger partial charge in [0.1, 0.15) is 5.82 Å². The van der Waals surface area contributed by atoms with E-state index in [9.17, 15) is 4.79 Å². The number of nitrogens with zero attached hydrogens (tertiary/aromatic N) is 3. The van der Waals surface area contributed by atoms with Crippen molar-refractivity contribution in [2.24, 2.45) is 0 Å². The Morgan fingerprint density at radius 1 is 1.37 bits per heavy atom. The van der Waals surface area contributed by atoms with E-state index in [4.69, 9.17) is 0 Å². The lowest BCUT2D eigenvalue weighted by Gasteiger charge is -2.26. The molecule has 5 nitrogen and oxygen atoms in total. The van der Waals surface area contributed by atoms with Gasteiger partial charge in [-0.15, -0.1) is 0 Å². The molecular formula is C14H24N4O. The van der Waals surface area contributed by atoms with Gasteiger partial charge in [-0.25, -0.2) is 4.98 Å². The molecule has 0 saturated carbocycles. The van der Waals surface area contributed by atoms with E-state index in [1.807, 2.05) is 13.8 Å². The predicted molar refractivity (Wildman–Crippen MR) is 76.5 cm³/mol. The molecule has 0 spiro atoms. The third-order valence-corrected chi connectivity index (χ3v) is 3.99. The van der Waals surface area contributed by atoms with Crippen LogP contribution in [0.25, 0.3) is 0 Å². The van der Waals surface area contributed by atoms with Crippen molar-refractivity contribution in [3.05, 3.63) is 27.4 Å². The quantitative estimate of drug-likeness (QED) is 0.864. The van der Waals surface area contributed by atoms with Gasteiger partial charge in [-0.3, -0.25) is 9.69 Å². The summed E-state index contributed by atoms with van der Waals surface area (Å²) in [5.41, 5.74) is 1.66. The first-order valence-electron chi connectivity index (χ1n) is 7.01. The van der Waals surface area contributed by atoms with Gasteiger partial charge in [0, 0.05) is 12.1 Å². The number of hydrogen-bond donors (Lipinski definition) is 1. The molecular weight excluding hydrogens is 240 g/mol. The molecule has 5 heteroatoms. The highest BCUT2D eigenvalue weighted by atomic mass is 16.1. The number of aromatic amines is 1. The number of rotatable bonds is 2. The Morgan fingerprint density at radius 2 is 2.11 bits per heavy atom. The summed E-state index contributed by atoms with van der Waals surface area (Å²) in [5.74, 6) is 0.809. The lowest BCUT2D eigenvalue weighted by molar-refractivity contribution is 0.219. The van der Waals surface area contributed by atoms with Crippen LogP contribution in [0.1, 0.15) is 36.5 Å². The van der Waals surface area contributed by atoms with Gasteiger partial charge in [-0.1, -0.05) is 6.92 Å². The van der Waals surface area contributed by atoms with Gasteiger partial charge >= 0.3 is 0 Å². The van der Waals surface area contributed by atoms with Gasteiger partial charge in [-0.2, -0.15) is 0 Å². The van der Waals surface area contributed by atoms with Crippen molar-refractivity contribution in [3.8, 4) is 0 Å². The molecule has 1 aromatic rings. The van der Waals surface area contributed by atoms with Crippen LogP contribution in [0, 0.1) is 6.92 Å². The van der Waals surface area contributed by atoms with Crippen LogP contribution in [0.2, 0.25) is 0 Å². The van der Waals surface area contributed by atoms with Gasteiger partial charge in [0.15, 0.2) is 0 Å². The summed E-state index contributed by atoms with van der Waals surface area (Å²) in [5, 5.41) is 0. The van der Waals surface area contributed by atoms with E-state index >= 15 is 0 Å². The maximum atomic E-state index is 12.0. The molecule has 1 unspecified atom stereocenters. The van der Waals surface area contributed by atoms with Crippen LogP contribution in [-0.4, -0.2) is 53.5 Å². The van der Waals surface area contributed by atoms with Crippen molar-refractivity contribution in [1.82, 2.24) is 19.8 Å². The minimum absolute atomic E-state index is 0.00199. The first-order valence-corrected chi connectivity index (χ1v) is 7.01. The molecule has 0 bridgehead atoms. The number of hydrogen-bond acceptors (Lipinski definition) is 4. The van der Waals surface area contributed by atoms with Crippen LogP contribution in [0.5, 0.6) is 0 Å². The summed E-state index contributed by atoms with van der Waals surface area (Å²) < 4.78 is 0. The molecule has 0 aromatic carbocycles. The van der Waals surface area contributed by atoms with Crippen LogP contribution < -0.4 is 5.56 Å². The van der Waals surface area contributed by atoms with Crippen molar-refractivity contribution < 1.29 is 0 Å². The Hall–Kier alpha value is -1.20. The Labute approximate surface area is 114 Å². The van der Waals surface area contributed by atoms with E-state index in [0.717, 1.165) is 49.6 Å². The van der Waals surface area contributed by atoms with Gasteiger partial charge < -0.3 is 9.88 Å². The summed E-state index contributed by atoms with van der Waals surface area (Å²) in [7, 11) is 4.23. The highest BCUT2D eigenvalue weighted by molar-refractivity contribution is 5.17. The Bertz CT molecular complexity index is 497. The summed E-state index contributed by atoms with van der Waals surface area (Å²) in [4.78, 5) is 24.2. The summed E-state index contributed by atoms with van der Waals surface area (Å²) in [6.07, 6.45) is 1.95. The molecule has 1 fully saturated rings. The molecule has 1 aliphatic rings. The second-order valence-corrected chi connectivity index (χ2v) is 5.49. The lowest BCUT2D eigenvalue weighted by Crippen LogP contribution is -2.34. The zero-order valence-corrected chi connectivity index (χ0v) is 12.4. The Morgan fingerprint density at radius 3 is 2.79 bits per heavy atom. The van der Waals surface area contributed by atoms with Gasteiger partial charge in [0.2, 0.25) is 0 Å². The van der Waals surface area contributed by atoms with E-state index in [1.165, 1.54) is 0 Å². The monoisotopic (exact) mass is 264 g/mol. The maximum absolute atomic E-state index is 12.0. The van der Waals surface area contributed by atoms with E-state index < -0.39 is 0 Å². The van der Waals surface area contributed by atoms with Crippen LogP contribution >= 0.6 is 0 Å². The molecule has 1 aliphatic heterocycles. The molecule has 1 saturated heterocycles. The average molecular weight is 264 g/mol. The minimum atomic E-state index is 0.00199. The van der Waals surface area contributed by atoms with Crippen LogP contribution in [-0.2, 0) is 6.42 Å². The molecule has 2 heterocycles. The normalized spacial score (nSPS) is 22.4. The fourth-order valence-corrected chi connectivity index (χ4v) is 2.67. The fourth-order valence-electron chi connectivity index (χ4n) is 2.67. The predicted octanol–water partition coefficient (Wildman–Crippen LogP) is 0.949. The van der Waals surface area contributed by atoms with E-state index in [-0.39, 0.29) is 11.6 Å². The molecule has 0 amide bonds. The number of aromatic nitrogens is 2. The van der Waals surface area contributed by atoms with Crippen molar-refractivity contribution in [2.75, 3.05) is 33.7 Å². The second-order valence-electron chi connectivity index (χ2n) is 5.49. The molecule has 0 aliphatic carbocycles. The van der Waals surface area contributed by atoms with Crippen molar-refractivity contribution in [2.45, 2.75) is 32.7 Å². The molecule has 1 atom stereocenters. The van der Waals surface area contributed by atoms with Gasteiger partial charge in [-0.05, 0) is 47.0 Å². The number of nitrogens with one attached hydrogen (secondary N) is 1. The SMILES string of the molecule is CCc1nc(C2CN(C)CCCN2C)[nH]c(=O)c1C. The van der Waals surface area contributed by atoms with Crippen molar-refractivity contribution >= 4 is 0 Å². The summed E-state index contributed by atoms with van der Waals surface area (Å²) in [6.45, 7) is 6.93. The molecule has 2 rings (SSSR count). The van der Waals surface area contributed by atoms with Crippen LogP contribution in [0.4, 0.5) is 0 Å². The number of H-pyrrole nitrogens is 1. The highest BCUT2D eigenvalue weighted by Crippen LogP contribution is 2.20. The molecule has 1 aromatic heterocycles. The molecule has 19 heavy (non-hydrogen) atoms. The molecule has 106 valence electrons. The van der Waals surface area contributed by atoms with Crippen molar-refractivity contribution in [1.29, 1.82) is 0 Å². The number of aryl methyl sites for hydroxylation is 1. The summed E-state index contributed by atoms with van der Waals surface area (Å²) in [6, 6.07) is 0.172. The standard InChI is InChI=1S/C14H24N4O/c1-5-11-10(2)14(19)16-13(15-11)12-9-17(3)7-6-8-18(12)4/h12H,5-9H2,1-4H3,(H,15,16,19).